The third-order valence-corrected chi connectivity index (χ3v) is 2.42. The van der Waals surface area contributed by atoms with Crippen LogP contribution in [0.1, 0.15) is 38.4 Å². The van der Waals surface area contributed by atoms with Gasteiger partial charge in [0.2, 0.25) is 11.6 Å². The predicted molar refractivity (Wildman–Crippen MR) is 57.3 cm³/mol. The second-order valence-electron chi connectivity index (χ2n) is 3.88. The van der Waals surface area contributed by atoms with E-state index in [2.05, 4.69) is 0 Å². The molecule has 0 spiro atoms. The van der Waals surface area contributed by atoms with Gasteiger partial charge in [-0.1, -0.05) is 13.3 Å². The quantitative estimate of drug-likeness (QED) is 0.502. The van der Waals surface area contributed by atoms with Crippen molar-refractivity contribution < 1.29 is 27.4 Å². The normalized spacial score (nSPS) is 12.6. The lowest BCUT2D eigenvalue weighted by atomic mass is 10.1. The number of hydrogen-bond acceptors (Lipinski definition) is 2. The molecule has 0 fully saturated rings. The number of aliphatic hydroxyl groups is 1. The highest BCUT2D eigenvalue weighted by atomic mass is 19.2. The molecule has 0 heterocycles. The molecule has 1 atom stereocenters. The largest absolute Gasteiger partial charge is 0.487 e. The first-order valence-corrected chi connectivity index (χ1v) is 5.58. The van der Waals surface area contributed by atoms with Gasteiger partial charge >= 0.3 is 0 Å². The fourth-order valence-electron chi connectivity index (χ4n) is 1.44. The van der Waals surface area contributed by atoms with Gasteiger partial charge in [-0.15, -0.1) is 0 Å². The van der Waals surface area contributed by atoms with Crippen molar-refractivity contribution in [3.63, 3.8) is 0 Å². The summed E-state index contributed by atoms with van der Waals surface area (Å²) in [7, 11) is 0. The van der Waals surface area contributed by atoms with Gasteiger partial charge in [-0.2, -0.15) is 8.78 Å². The maximum absolute atomic E-state index is 13.5. The van der Waals surface area contributed by atoms with E-state index in [4.69, 9.17) is 9.84 Å². The lowest BCUT2D eigenvalue weighted by Crippen LogP contribution is -2.10. The molecule has 1 aromatic rings. The smallest absolute Gasteiger partial charge is 0.204 e. The molecule has 0 radical (unpaired) electrons. The maximum atomic E-state index is 13.5. The first kappa shape index (κ1) is 14.8. The number of aliphatic hydroxyl groups excluding tert-OH is 1. The van der Waals surface area contributed by atoms with E-state index in [1.807, 2.05) is 6.92 Å². The molecule has 102 valence electrons. The van der Waals surface area contributed by atoms with Crippen molar-refractivity contribution in [1.82, 2.24) is 0 Å². The Hall–Kier alpha value is -1.30. The molecule has 18 heavy (non-hydrogen) atoms. The van der Waals surface area contributed by atoms with Crippen LogP contribution < -0.4 is 4.74 Å². The Kier molecular flexibility index (Phi) is 4.95. The minimum absolute atomic E-state index is 0.0444. The second-order valence-corrected chi connectivity index (χ2v) is 3.88. The molecule has 1 unspecified atom stereocenters. The molecule has 0 bridgehead atoms. The zero-order valence-electron chi connectivity index (χ0n) is 10.1. The zero-order chi connectivity index (χ0) is 13.9. The minimum atomic E-state index is -1.65. The predicted octanol–water partition coefficient (Wildman–Crippen LogP) is 3.48. The van der Waals surface area contributed by atoms with E-state index in [1.165, 1.54) is 0 Å². The zero-order valence-corrected chi connectivity index (χ0v) is 10.1. The fraction of sp³-hybridized carbons (Fsp3) is 0.500. The van der Waals surface area contributed by atoms with Gasteiger partial charge < -0.3 is 9.84 Å². The number of unbranched alkanes of at least 4 members (excludes halogenated alkanes) is 1. The average molecular weight is 266 g/mol. The highest BCUT2D eigenvalue weighted by Crippen LogP contribution is 2.32. The van der Waals surface area contributed by atoms with Crippen LogP contribution in [0.15, 0.2) is 0 Å². The number of benzene rings is 1. The number of halogens is 4. The van der Waals surface area contributed by atoms with Crippen molar-refractivity contribution >= 4 is 0 Å². The Morgan fingerprint density at radius 2 is 1.56 bits per heavy atom. The fourth-order valence-corrected chi connectivity index (χ4v) is 1.44. The van der Waals surface area contributed by atoms with Gasteiger partial charge in [0.1, 0.15) is 0 Å². The van der Waals surface area contributed by atoms with Crippen LogP contribution in [0.3, 0.4) is 0 Å². The molecule has 1 N–H and O–H groups in total. The molecular weight excluding hydrogens is 252 g/mol. The summed E-state index contributed by atoms with van der Waals surface area (Å²) in [4.78, 5) is 0. The van der Waals surface area contributed by atoms with Crippen LogP contribution in [0, 0.1) is 23.3 Å². The van der Waals surface area contributed by atoms with Crippen molar-refractivity contribution in [3.8, 4) is 5.75 Å². The molecule has 1 rings (SSSR count). The van der Waals surface area contributed by atoms with E-state index in [9.17, 15) is 17.6 Å². The average Bonchev–Trinajstić information content (AvgIpc) is 2.31. The molecule has 2 nitrogen and oxygen atoms in total. The Labute approximate surface area is 102 Å². The van der Waals surface area contributed by atoms with E-state index >= 15 is 0 Å². The molecule has 0 saturated heterocycles. The van der Waals surface area contributed by atoms with Crippen LogP contribution in [0.25, 0.3) is 0 Å². The summed E-state index contributed by atoms with van der Waals surface area (Å²) >= 11 is 0. The molecule has 0 aliphatic carbocycles. The van der Waals surface area contributed by atoms with Gasteiger partial charge in [0.25, 0.3) is 0 Å². The number of ether oxygens (including phenoxy) is 1. The molecule has 6 heteroatoms. The van der Waals surface area contributed by atoms with E-state index in [-0.39, 0.29) is 6.61 Å². The summed E-state index contributed by atoms with van der Waals surface area (Å²) in [6.45, 7) is 2.79. The third-order valence-electron chi connectivity index (χ3n) is 2.42. The lowest BCUT2D eigenvalue weighted by molar-refractivity contribution is 0.182. The highest BCUT2D eigenvalue weighted by Gasteiger charge is 2.28. The van der Waals surface area contributed by atoms with Crippen LogP contribution in [0.2, 0.25) is 0 Å². The first-order chi connectivity index (χ1) is 8.41. The van der Waals surface area contributed by atoms with Crippen LogP contribution in [0.4, 0.5) is 17.6 Å². The molecule has 1 aromatic carbocycles. The van der Waals surface area contributed by atoms with Crippen LogP contribution in [-0.2, 0) is 0 Å². The lowest BCUT2D eigenvalue weighted by Gasteiger charge is -2.14. The molecule has 0 aliphatic rings. The Bertz CT molecular complexity index is 404. The van der Waals surface area contributed by atoms with Gasteiger partial charge in [-0.05, 0) is 13.3 Å². The first-order valence-electron chi connectivity index (χ1n) is 5.58. The Morgan fingerprint density at radius 1 is 1.06 bits per heavy atom. The summed E-state index contributed by atoms with van der Waals surface area (Å²) in [5.74, 6) is -7.59. The summed E-state index contributed by atoms with van der Waals surface area (Å²) < 4.78 is 58.5. The number of rotatable bonds is 5. The molecule has 0 aliphatic heterocycles. The van der Waals surface area contributed by atoms with Gasteiger partial charge in [0.05, 0.1) is 18.3 Å². The monoisotopic (exact) mass is 266 g/mol. The topological polar surface area (TPSA) is 29.5 Å². The van der Waals surface area contributed by atoms with E-state index < -0.39 is 40.7 Å². The van der Waals surface area contributed by atoms with Crippen molar-refractivity contribution in [3.05, 3.63) is 28.8 Å². The Balaban J connectivity index is 3.21. The third kappa shape index (κ3) is 2.75. The second kappa shape index (κ2) is 6.04. The summed E-state index contributed by atoms with van der Waals surface area (Å²) in [5.41, 5.74) is -1.03. The van der Waals surface area contributed by atoms with Gasteiger partial charge in [0.15, 0.2) is 17.4 Å². The van der Waals surface area contributed by atoms with Crippen molar-refractivity contribution in [2.24, 2.45) is 0 Å². The molecule has 0 aromatic heterocycles. The molecule has 0 saturated carbocycles. The van der Waals surface area contributed by atoms with Crippen molar-refractivity contribution in [2.75, 3.05) is 6.61 Å². The van der Waals surface area contributed by atoms with Crippen molar-refractivity contribution in [2.45, 2.75) is 32.8 Å². The van der Waals surface area contributed by atoms with Gasteiger partial charge in [0, 0.05) is 0 Å². The Morgan fingerprint density at radius 3 is 1.94 bits per heavy atom. The van der Waals surface area contributed by atoms with Gasteiger partial charge in [-0.3, -0.25) is 0 Å². The van der Waals surface area contributed by atoms with E-state index in [1.54, 1.807) is 0 Å². The van der Waals surface area contributed by atoms with E-state index in [0.29, 0.717) is 12.8 Å². The summed E-state index contributed by atoms with van der Waals surface area (Å²) in [6.07, 6.45) is -0.445. The molecule has 0 amide bonds. The van der Waals surface area contributed by atoms with Gasteiger partial charge in [-0.25, -0.2) is 8.78 Å². The highest BCUT2D eigenvalue weighted by molar-refractivity contribution is 5.35. The summed E-state index contributed by atoms with van der Waals surface area (Å²) in [6, 6.07) is 0. The maximum Gasteiger partial charge on any atom is 0.204 e. The van der Waals surface area contributed by atoms with Crippen LogP contribution in [0.5, 0.6) is 5.75 Å². The minimum Gasteiger partial charge on any atom is -0.487 e. The van der Waals surface area contributed by atoms with Crippen LogP contribution >= 0.6 is 0 Å². The van der Waals surface area contributed by atoms with Crippen LogP contribution in [-0.4, -0.2) is 11.7 Å². The summed E-state index contributed by atoms with van der Waals surface area (Å²) in [5, 5.41) is 9.09. The SMILES string of the molecule is CCCCOc1c(F)c(F)c(C(C)O)c(F)c1F. The molecular formula is C12H14F4O2. The van der Waals surface area contributed by atoms with E-state index in [0.717, 1.165) is 6.92 Å². The number of hydrogen-bond donors (Lipinski definition) is 1. The standard InChI is InChI=1S/C12H14F4O2/c1-3-4-5-18-12-10(15)8(13)7(6(2)17)9(14)11(12)16/h6,17H,3-5H2,1-2H3. The van der Waals surface area contributed by atoms with Crippen molar-refractivity contribution in [1.29, 1.82) is 0 Å².